The summed E-state index contributed by atoms with van der Waals surface area (Å²) in [5.41, 5.74) is 1.76. The second-order valence-corrected chi connectivity index (χ2v) is 7.00. The molecule has 20 heavy (non-hydrogen) atoms. The molecule has 3 rings (SSSR count). The predicted octanol–water partition coefficient (Wildman–Crippen LogP) is 2.18. The van der Waals surface area contributed by atoms with E-state index in [1.807, 2.05) is 0 Å². The summed E-state index contributed by atoms with van der Waals surface area (Å²) in [5, 5.41) is 3.48. The molecule has 2 aliphatic heterocycles. The third-order valence-corrected chi connectivity index (χ3v) is 5.57. The molecule has 0 amide bonds. The fraction of sp³-hybridized carbons (Fsp3) is 0.812. The summed E-state index contributed by atoms with van der Waals surface area (Å²) in [5.74, 6) is 0. The Kier molecular flexibility index (Phi) is 3.87. The van der Waals surface area contributed by atoms with E-state index < -0.39 is 0 Å². The molecule has 0 bridgehead atoms. The minimum absolute atomic E-state index is 0.300. The molecule has 2 fully saturated rings. The smallest absolute Gasteiger partial charge is 0.0951 e. The van der Waals surface area contributed by atoms with Crippen LogP contribution in [0.4, 0.5) is 0 Å². The first-order valence-electron chi connectivity index (χ1n) is 8.03. The molecule has 1 N–H and O–H groups in total. The molecule has 0 spiro atoms. The molecule has 1 aromatic heterocycles. The van der Waals surface area contributed by atoms with Gasteiger partial charge in [-0.25, -0.2) is 4.98 Å². The van der Waals surface area contributed by atoms with Gasteiger partial charge >= 0.3 is 0 Å². The molecule has 0 radical (unpaired) electrons. The van der Waals surface area contributed by atoms with Crippen LogP contribution in [0, 0.1) is 0 Å². The van der Waals surface area contributed by atoms with Crippen LogP contribution >= 0.6 is 0 Å². The summed E-state index contributed by atoms with van der Waals surface area (Å²) >= 11 is 0. The number of likely N-dealkylation sites (tertiary alicyclic amines) is 1. The van der Waals surface area contributed by atoms with Gasteiger partial charge in [0.1, 0.15) is 0 Å². The maximum atomic E-state index is 4.49. The number of aromatic nitrogens is 2. The fourth-order valence-corrected chi connectivity index (χ4v) is 3.82. The van der Waals surface area contributed by atoms with Crippen molar-refractivity contribution in [1.82, 2.24) is 19.8 Å². The standard InChI is InChI=1S/C16H28N4/c1-13-10-14(4-9-19(13)3)20-12-18-11-15(20)16(2)5-7-17-8-6-16/h11-14,17H,4-10H2,1-3H3. The zero-order valence-corrected chi connectivity index (χ0v) is 13.1. The molecule has 3 heterocycles. The molecular weight excluding hydrogens is 248 g/mol. The van der Waals surface area contributed by atoms with E-state index in [0.29, 0.717) is 17.5 Å². The van der Waals surface area contributed by atoms with Gasteiger partial charge in [-0.1, -0.05) is 6.92 Å². The van der Waals surface area contributed by atoms with E-state index in [1.165, 1.54) is 37.9 Å². The van der Waals surface area contributed by atoms with Crippen molar-refractivity contribution >= 4 is 0 Å². The van der Waals surface area contributed by atoms with Crippen LogP contribution in [0.1, 0.15) is 51.3 Å². The quantitative estimate of drug-likeness (QED) is 0.899. The van der Waals surface area contributed by atoms with E-state index in [0.717, 1.165) is 13.1 Å². The molecule has 0 aromatic carbocycles. The molecule has 2 aliphatic rings. The van der Waals surface area contributed by atoms with Gasteiger partial charge in [0.15, 0.2) is 0 Å². The third kappa shape index (κ3) is 2.51. The van der Waals surface area contributed by atoms with E-state index in [2.05, 4.69) is 53.2 Å². The number of rotatable bonds is 2. The zero-order valence-electron chi connectivity index (χ0n) is 13.1. The second-order valence-electron chi connectivity index (χ2n) is 7.00. The summed E-state index contributed by atoms with van der Waals surface area (Å²) in [6.07, 6.45) is 9.13. The van der Waals surface area contributed by atoms with Crippen LogP contribution in [-0.4, -0.2) is 47.2 Å². The maximum Gasteiger partial charge on any atom is 0.0951 e. The lowest BCUT2D eigenvalue weighted by molar-refractivity contribution is 0.151. The lowest BCUT2D eigenvalue weighted by atomic mass is 9.78. The summed E-state index contributed by atoms with van der Waals surface area (Å²) in [6, 6.07) is 1.30. The van der Waals surface area contributed by atoms with Crippen molar-refractivity contribution in [3.63, 3.8) is 0 Å². The first kappa shape index (κ1) is 14.1. The van der Waals surface area contributed by atoms with Crippen LogP contribution in [0.3, 0.4) is 0 Å². The second kappa shape index (κ2) is 5.49. The number of imidazole rings is 1. The van der Waals surface area contributed by atoms with Gasteiger partial charge in [-0.15, -0.1) is 0 Å². The lowest BCUT2D eigenvalue weighted by Crippen LogP contribution is -2.42. The monoisotopic (exact) mass is 276 g/mol. The van der Waals surface area contributed by atoms with Gasteiger partial charge in [0, 0.05) is 35.9 Å². The SMILES string of the molecule is CC1CC(n2cncc2C2(C)CCNCC2)CCN1C. The average Bonchev–Trinajstić information content (AvgIpc) is 2.93. The highest BCUT2D eigenvalue weighted by Gasteiger charge is 2.34. The number of nitrogens with zero attached hydrogens (tertiary/aromatic N) is 3. The Morgan fingerprint density at radius 2 is 2.10 bits per heavy atom. The van der Waals surface area contributed by atoms with E-state index >= 15 is 0 Å². The van der Waals surface area contributed by atoms with Gasteiger partial charge < -0.3 is 14.8 Å². The Bertz CT molecular complexity index is 447. The van der Waals surface area contributed by atoms with Crippen LogP contribution in [0.2, 0.25) is 0 Å². The molecule has 0 aliphatic carbocycles. The largest absolute Gasteiger partial charge is 0.331 e. The van der Waals surface area contributed by atoms with E-state index in [4.69, 9.17) is 0 Å². The minimum Gasteiger partial charge on any atom is -0.331 e. The zero-order chi connectivity index (χ0) is 14.2. The Balaban J connectivity index is 1.83. The van der Waals surface area contributed by atoms with Crippen LogP contribution in [0.25, 0.3) is 0 Å². The summed E-state index contributed by atoms with van der Waals surface area (Å²) < 4.78 is 2.49. The van der Waals surface area contributed by atoms with Gasteiger partial charge in [-0.2, -0.15) is 0 Å². The van der Waals surface area contributed by atoms with Crippen LogP contribution < -0.4 is 5.32 Å². The van der Waals surface area contributed by atoms with Crippen molar-refractivity contribution in [3.05, 3.63) is 18.2 Å². The Labute approximate surface area is 122 Å². The van der Waals surface area contributed by atoms with Crippen molar-refractivity contribution in [3.8, 4) is 0 Å². The van der Waals surface area contributed by atoms with Gasteiger partial charge in [0.2, 0.25) is 0 Å². The fourth-order valence-electron chi connectivity index (χ4n) is 3.82. The third-order valence-electron chi connectivity index (χ3n) is 5.57. The molecule has 4 nitrogen and oxygen atoms in total. The van der Waals surface area contributed by atoms with Gasteiger partial charge in [0.25, 0.3) is 0 Å². The van der Waals surface area contributed by atoms with Gasteiger partial charge in [-0.3, -0.25) is 0 Å². The molecular formula is C16H28N4. The summed E-state index contributed by atoms with van der Waals surface area (Å²) in [6.45, 7) is 8.22. The lowest BCUT2D eigenvalue weighted by Gasteiger charge is -2.40. The van der Waals surface area contributed by atoms with E-state index in [-0.39, 0.29) is 0 Å². The number of piperidine rings is 2. The van der Waals surface area contributed by atoms with E-state index in [1.54, 1.807) is 0 Å². The Hall–Kier alpha value is -0.870. The summed E-state index contributed by atoms with van der Waals surface area (Å²) in [4.78, 5) is 6.96. The van der Waals surface area contributed by atoms with Crippen molar-refractivity contribution in [2.75, 3.05) is 26.7 Å². The molecule has 1 aromatic rings. The number of hydrogen-bond acceptors (Lipinski definition) is 3. The Morgan fingerprint density at radius 3 is 2.80 bits per heavy atom. The summed E-state index contributed by atoms with van der Waals surface area (Å²) in [7, 11) is 2.24. The van der Waals surface area contributed by atoms with Crippen LogP contribution in [0.15, 0.2) is 12.5 Å². The van der Waals surface area contributed by atoms with Crippen LogP contribution in [-0.2, 0) is 5.41 Å². The number of hydrogen-bond donors (Lipinski definition) is 1. The topological polar surface area (TPSA) is 33.1 Å². The van der Waals surface area contributed by atoms with Gasteiger partial charge in [0.05, 0.1) is 6.33 Å². The van der Waals surface area contributed by atoms with Gasteiger partial charge in [-0.05, 0) is 52.7 Å². The highest BCUT2D eigenvalue weighted by atomic mass is 15.2. The van der Waals surface area contributed by atoms with Crippen molar-refractivity contribution in [1.29, 1.82) is 0 Å². The molecule has 2 unspecified atom stereocenters. The average molecular weight is 276 g/mol. The highest BCUT2D eigenvalue weighted by Crippen LogP contribution is 2.36. The molecule has 4 heteroatoms. The molecule has 0 saturated carbocycles. The first-order valence-corrected chi connectivity index (χ1v) is 8.03. The predicted molar refractivity (Wildman–Crippen MR) is 82.0 cm³/mol. The molecule has 112 valence electrons. The van der Waals surface area contributed by atoms with Crippen molar-refractivity contribution in [2.24, 2.45) is 0 Å². The first-order chi connectivity index (χ1) is 9.60. The van der Waals surface area contributed by atoms with Crippen molar-refractivity contribution in [2.45, 2.75) is 57.0 Å². The number of nitrogens with one attached hydrogen (secondary N) is 1. The Morgan fingerprint density at radius 1 is 1.35 bits per heavy atom. The van der Waals surface area contributed by atoms with Crippen molar-refractivity contribution < 1.29 is 0 Å². The maximum absolute atomic E-state index is 4.49. The normalized spacial score (nSPS) is 31.4. The minimum atomic E-state index is 0.300. The molecule has 2 atom stereocenters. The molecule has 2 saturated heterocycles. The van der Waals surface area contributed by atoms with Crippen LogP contribution in [0.5, 0.6) is 0 Å². The van der Waals surface area contributed by atoms with E-state index in [9.17, 15) is 0 Å². The highest BCUT2D eigenvalue weighted by molar-refractivity contribution is 5.16.